The van der Waals surface area contributed by atoms with Gasteiger partial charge in [-0.1, -0.05) is 6.92 Å². The molecule has 1 atom stereocenters. The number of aliphatic carboxylic acids is 1. The molecule has 0 aliphatic heterocycles. The molecule has 4 N–H and O–H groups in total. The first kappa shape index (κ1) is 14.9. The molecular weight excluding hydrogens is 250 g/mol. The summed E-state index contributed by atoms with van der Waals surface area (Å²) >= 11 is 0. The van der Waals surface area contributed by atoms with Crippen molar-refractivity contribution >= 4 is 12.0 Å². The van der Waals surface area contributed by atoms with Crippen molar-refractivity contribution in [3.63, 3.8) is 0 Å². The molecule has 1 unspecified atom stereocenters. The van der Waals surface area contributed by atoms with Crippen molar-refractivity contribution < 1.29 is 14.7 Å². The number of H-pyrrole nitrogens is 1. The number of amides is 2. The number of hydrogen-bond acceptors (Lipinski definition) is 4. The van der Waals surface area contributed by atoms with E-state index < -0.39 is 17.5 Å². The number of carboxylic acids is 1. The molecule has 0 saturated heterocycles. The average Bonchev–Trinajstić information content (AvgIpc) is 2.87. The Kier molecular flexibility index (Phi) is 5.28. The normalized spacial score (nSPS) is 13.6. The third-order valence-corrected chi connectivity index (χ3v) is 2.91. The van der Waals surface area contributed by atoms with Gasteiger partial charge < -0.3 is 15.7 Å². The summed E-state index contributed by atoms with van der Waals surface area (Å²) in [6.07, 6.45) is 3.10. The fourth-order valence-corrected chi connectivity index (χ4v) is 1.40. The van der Waals surface area contributed by atoms with E-state index >= 15 is 0 Å². The Morgan fingerprint density at radius 2 is 2.26 bits per heavy atom. The number of aryl methyl sites for hydroxylation is 1. The van der Waals surface area contributed by atoms with Gasteiger partial charge in [0.1, 0.15) is 17.7 Å². The second-order valence-electron chi connectivity index (χ2n) is 4.41. The third-order valence-electron chi connectivity index (χ3n) is 2.91. The largest absolute Gasteiger partial charge is 0.480 e. The zero-order valence-corrected chi connectivity index (χ0v) is 11.1. The summed E-state index contributed by atoms with van der Waals surface area (Å²) < 4.78 is 0. The molecule has 0 bridgehead atoms. The second-order valence-corrected chi connectivity index (χ2v) is 4.41. The van der Waals surface area contributed by atoms with Crippen LogP contribution >= 0.6 is 0 Å². The van der Waals surface area contributed by atoms with E-state index in [1.165, 1.54) is 13.3 Å². The van der Waals surface area contributed by atoms with Gasteiger partial charge in [-0.3, -0.25) is 5.10 Å². The molecule has 0 spiro atoms. The van der Waals surface area contributed by atoms with Gasteiger partial charge in [0.25, 0.3) is 0 Å². The SMILES string of the molecule is CCC(C)(NC(=O)NCCCc1ncn[nH]1)C(=O)O. The molecule has 1 aromatic heterocycles. The van der Waals surface area contributed by atoms with E-state index in [0.717, 1.165) is 5.82 Å². The van der Waals surface area contributed by atoms with Crippen LogP contribution in [0, 0.1) is 0 Å². The average molecular weight is 269 g/mol. The van der Waals surface area contributed by atoms with Crippen LogP contribution in [0.4, 0.5) is 4.79 Å². The van der Waals surface area contributed by atoms with Crippen LogP contribution < -0.4 is 10.6 Å². The lowest BCUT2D eigenvalue weighted by atomic mass is 10.00. The molecule has 2 amide bonds. The molecule has 1 aromatic rings. The number of carbonyl (C=O) groups is 2. The van der Waals surface area contributed by atoms with Crippen LogP contribution in [0.15, 0.2) is 6.33 Å². The summed E-state index contributed by atoms with van der Waals surface area (Å²) in [5.41, 5.74) is -1.24. The fourth-order valence-electron chi connectivity index (χ4n) is 1.40. The maximum atomic E-state index is 11.6. The van der Waals surface area contributed by atoms with Crippen LogP contribution in [-0.4, -0.2) is 44.4 Å². The topological polar surface area (TPSA) is 120 Å². The maximum Gasteiger partial charge on any atom is 0.329 e. The summed E-state index contributed by atoms with van der Waals surface area (Å²) in [6, 6.07) is -0.482. The zero-order valence-electron chi connectivity index (χ0n) is 11.1. The standard InChI is InChI=1S/C11H19N5O3/c1-3-11(2,9(17)18)15-10(19)12-6-4-5-8-13-7-14-16-8/h7H,3-6H2,1-2H3,(H,17,18)(H2,12,15,19)(H,13,14,16). The first-order chi connectivity index (χ1) is 8.98. The quantitative estimate of drug-likeness (QED) is 0.530. The van der Waals surface area contributed by atoms with Crippen LogP contribution in [0.5, 0.6) is 0 Å². The van der Waals surface area contributed by atoms with Crippen LogP contribution in [0.25, 0.3) is 0 Å². The van der Waals surface area contributed by atoms with Gasteiger partial charge in [0.2, 0.25) is 0 Å². The maximum absolute atomic E-state index is 11.6. The minimum Gasteiger partial charge on any atom is -0.480 e. The van der Waals surface area contributed by atoms with Crippen molar-refractivity contribution in [3.05, 3.63) is 12.2 Å². The molecule has 1 rings (SSSR count). The Bertz CT molecular complexity index is 420. The first-order valence-electron chi connectivity index (χ1n) is 6.11. The number of carbonyl (C=O) groups excluding carboxylic acids is 1. The molecule has 0 radical (unpaired) electrons. The van der Waals surface area contributed by atoms with E-state index in [0.29, 0.717) is 25.8 Å². The van der Waals surface area contributed by atoms with Gasteiger partial charge in [0.05, 0.1) is 0 Å². The van der Waals surface area contributed by atoms with E-state index in [1.807, 2.05) is 0 Å². The molecule has 0 fully saturated rings. The molecule has 0 aromatic carbocycles. The molecule has 19 heavy (non-hydrogen) atoms. The highest BCUT2D eigenvalue weighted by Crippen LogP contribution is 2.08. The number of hydrogen-bond donors (Lipinski definition) is 4. The lowest BCUT2D eigenvalue weighted by Gasteiger charge is -2.24. The highest BCUT2D eigenvalue weighted by molar-refractivity contribution is 5.85. The molecular formula is C11H19N5O3. The van der Waals surface area contributed by atoms with Gasteiger partial charge >= 0.3 is 12.0 Å². The Morgan fingerprint density at radius 1 is 1.53 bits per heavy atom. The summed E-state index contributed by atoms with van der Waals surface area (Å²) in [4.78, 5) is 26.5. The Labute approximate surface area is 111 Å². The monoisotopic (exact) mass is 269 g/mol. The Balaban J connectivity index is 2.26. The van der Waals surface area contributed by atoms with Crippen molar-refractivity contribution in [1.82, 2.24) is 25.8 Å². The molecule has 1 heterocycles. The number of aromatic nitrogens is 3. The molecule has 8 heteroatoms. The second kappa shape index (κ2) is 6.72. The van der Waals surface area contributed by atoms with Crippen LogP contribution in [-0.2, 0) is 11.2 Å². The van der Waals surface area contributed by atoms with Crippen LogP contribution in [0.2, 0.25) is 0 Å². The van der Waals surface area contributed by atoms with Crippen molar-refractivity contribution in [1.29, 1.82) is 0 Å². The number of urea groups is 1. The zero-order chi connectivity index (χ0) is 14.3. The van der Waals surface area contributed by atoms with Crippen molar-refractivity contribution in [2.24, 2.45) is 0 Å². The smallest absolute Gasteiger partial charge is 0.329 e. The molecule has 106 valence electrons. The van der Waals surface area contributed by atoms with Gasteiger partial charge in [-0.05, 0) is 19.8 Å². The summed E-state index contributed by atoms with van der Waals surface area (Å²) in [7, 11) is 0. The minimum absolute atomic E-state index is 0.313. The lowest BCUT2D eigenvalue weighted by Crippen LogP contribution is -2.54. The van der Waals surface area contributed by atoms with Crippen LogP contribution in [0.1, 0.15) is 32.5 Å². The number of aromatic amines is 1. The summed E-state index contributed by atoms with van der Waals surface area (Å²) in [6.45, 7) is 3.62. The molecule has 8 nitrogen and oxygen atoms in total. The molecule has 0 aliphatic rings. The number of rotatable bonds is 7. The predicted molar refractivity (Wildman–Crippen MR) is 67.6 cm³/mol. The van der Waals surface area contributed by atoms with Gasteiger partial charge in [0.15, 0.2) is 0 Å². The molecule has 0 saturated carbocycles. The van der Waals surface area contributed by atoms with Crippen molar-refractivity contribution in [3.8, 4) is 0 Å². The van der Waals surface area contributed by atoms with E-state index in [-0.39, 0.29) is 0 Å². The number of carboxylic acid groups (broad SMARTS) is 1. The lowest BCUT2D eigenvalue weighted by molar-refractivity contribution is -0.143. The van der Waals surface area contributed by atoms with Gasteiger partial charge in [-0.2, -0.15) is 5.10 Å². The highest BCUT2D eigenvalue weighted by atomic mass is 16.4. The van der Waals surface area contributed by atoms with Crippen molar-refractivity contribution in [2.45, 2.75) is 38.6 Å². The van der Waals surface area contributed by atoms with Gasteiger partial charge in [-0.15, -0.1) is 0 Å². The summed E-state index contributed by atoms with van der Waals surface area (Å²) in [5.74, 6) is -0.294. The van der Waals surface area contributed by atoms with E-state index in [9.17, 15) is 9.59 Å². The van der Waals surface area contributed by atoms with E-state index in [2.05, 4.69) is 25.8 Å². The summed E-state index contributed by atoms with van der Waals surface area (Å²) in [5, 5.41) is 20.5. The van der Waals surface area contributed by atoms with Gasteiger partial charge in [-0.25, -0.2) is 14.6 Å². The van der Waals surface area contributed by atoms with E-state index in [1.54, 1.807) is 6.92 Å². The Morgan fingerprint density at radius 3 is 2.79 bits per heavy atom. The van der Waals surface area contributed by atoms with Crippen LogP contribution in [0.3, 0.4) is 0 Å². The highest BCUT2D eigenvalue weighted by Gasteiger charge is 2.32. The first-order valence-corrected chi connectivity index (χ1v) is 6.11. The molecule has 0 aliphatic carbocycles. The fraction of sp³-hybridized carbons (Fsp3) is 0.636. The Hall–Kier alpha value is -2.12. The van der Waals surface area contributed by atoms with E-state index in [4.69, 9.17) is 5.11 Å². The predicted octanol–water partition coefficient (Wildman–Crippen LogP) is 0.290. The third kappa shape index (κ3) is 4.57. The number of nitrogens with zero attached hydrogens (tertiary/aromatic N) is 2. The van der Waals surface area contributed by atoms with Gasteiger partial charge in [0, 0.05) is 13.0 Å². The number of nitrogens with one attached hydrogen (secondary N) is 3. The minimum atomic E-state index is -1.24. The van der Waals surface area contributed by atoms with Crippen molar-refractivity contribution in [2.75, 3.05) is 6.54 Å².